The lowest BCUT2D eigenvalue weighted by Gasteiger charge is -2.17. The van der Waals surface area contributed by atoms with Gasteiger partial charge in [-0.25, -0.2) is 9.29 Å². The Balaban J connectivity index is 2.53. The van der Waals surface area contributed by atoms with Gasteiger partial charge in [0.15, 0.2) is 0 Å². The van der Waals surface area contributed by atoms with Crippen LogP contribution in [0.15, 0.2) is 41.3 Å². The molecule has 0 aliphatic heterocycles. The summed E-state index contributed by atoms with van der Waals surface area (Å²) in [6.07, 6.45) is 1.37. The lowest BCUT2D eigenvalue weighted by molar-refractivity contribution is -0.123. The molecular formula is C12H12N2O3S2. The van der Waals surface area contributed by atoms with Crippen molar-refractivity contribution in [1.82, 2.24) is 9.29 Å². The van der Waals surface area contributed by atoms with Crippen molar-refractivity contribution in [3.8, 4) is 0 Å². The predicted molar refractivity (Wildman–Crippen MR) is 74.4 cm³/mol. The molecule has 2 rings (SSSR count). The van der Waals surface area contributed by atoms with Gasteiger partial charge in [-0.15, -0.1) is 17.9 Å². The number of fused-ring (bicyclic) bond motifs is 1. The summed E-state index contributed by atoms with van der Waals surface area (Å²) in [4.78, 5) is 15.5. The Morgan fingerprint density at radius 1 is 1.47 bits per heavy atom. The van der Waals surface area contributed by atoms with Crippen molar-refractivity contribution in [1.29, 1.82) is 0 Å². The van der Waals surface area contributed by atoms with Crippen LogP contribution in [0.3, 0.4) is 0 Å². The van der Waals surface area contributed by atoms with Crippen molar-refractivity contribution >= 4 is 37.5 Å². The second kappa shape index (κ2) is 5.10. The summed E-state index contributed by atoms with van der Waals surface area (Å²) in [6.45, 7) is 4.60. The minimum absolute atomic E-state index is 0.0619. The van der Waals surface area contributed by atoms with Crippen LogP contribution in [0.2, 0.25) is 0 Å². The summed E-state index contributed by atoms with van der Waals surface area (Å²) in [6, 6.07) is 7.11. The number of thiazole rings is 1. The molecule has 19 heavy (non-hydrogen) atoms. The maximum absolute atomic E-state index is 12.3. The number of carbonyl (C=O) groups is 1. The molecule has 0 atom stereocenters. The van der Waals surface area contributed by atoms with Crippen molar-refractivity contribution in [3.05, 3.63) is 36.9 Å². The number of hydrogen-bond acceptors (Lipinski definition) is 5. The van der Waals surface area contributed by atoms with E-state index in [0.717, 1.165) is 20.3 Å². The highest BCUT2D eigenvalue weighted by molar-refractivity contribution is 7.91. The third-order valence-electron chi connectivity index (χ3n) is 2.43. The van der Waals surface area contributed by atoms with Gasteiger partial charge in [0.1, 0.15) is 0 Å². The third kappa shape index (κ3) is 2.52. The van der Waals surface area contributed by atoms with Gasteiger partial charge in [0.2, 0.25) is 10.2 Å². The number of sulfonamides is 1. The lowest BCUT2D eigenvalue weighted by Crippen LogP contribution is -2.35. The second-order valence-electron chi connectivity index (χ2n) is 3.79. The smallest absolute Gasteiger partial charge is 0.274 e. The number of para-hydroxylation sites is 1. The molecule has 1 aromatic carbocycles. The van der Waals surface area contributed by atoms with Crippen LogP contribution in [0.25, 0.3) is 10.2 Å². The molecule has 2 aromatic rings. The van der Waals surface area contributed by atoms with E-state index in [1.165, 1.54) is 13.0 Å². The number of benzene rings is 1. The van der Waals surface area contributed by atoms with Crippen LogP contribution >= 0.6 is 11.3 Å². The molecule has 0 bridgehead atoms. The zero-order valence-corrected chi connectivity index (χ0v) is 11.9. The molecule has 0 saturated carbocycles. The fourth-order valence-corrected chi connectivity index (χ4v) is 4.27. The first kappa shape index (κ1) is 13.7. The van der Waals surface area contributed by atoms with Crippen LogP contribution in [0.4, 0.5) is 0 Å². The minimum Gasteiger partial charge on any atom is -0.274 e. The molecule has 0 unspecified atom stereocenters. The van der Waals surface area contributed by atoms with Crippen LogP contribution in [0.1, 0.15) is 6.92 Å². The lowest BCUT2D eigenvalue weighted by atomic mass is 10.3. The van der Waals surface area contributed by atoms with E-state index in [4.69, 9.17) is 0 Å². The molecule has 1 amide bonds. The van der Waals surface area contributed by atoms with Crippen molar-refractivity contribution in [2.75, 3.05) is 6.54 Å². The Kier molecular flexibility index (Phi) is 3.68. The van der Waals surface area contributed by atoms with Crippen molar-refractivity contribution < 1.29 is 13.2 Å². The molecule has 0 N–H and O–H groups in total. The van der Waals surface area contributed by atoms with Gasteiger partial charge in [-0.05, 0) is 12.1 Å². The topological polar surface area (TPSA) is 67.3 Å². The van der Waals surface area contributed by atoms with Gasteiger partial charge in [-0.2, -0.15) is 8.42 Å². The zero-order chi connectivity index (χ0) is 14.0. The van der Waals surface area contributed by atoms with E-state index in [9.17, 15) is 13.2 Å². The van der Waals surface area contributed by atoms with E-state index >= 15 is 0 Å². The van der Waals surface area contributed by atoms with E-state index in [2.05, 4.69) is 11.6 Å². The fraction of sp³-hybridized carbons (Fsp3) is 0.167. The van der Waals surface area contributed by atoms with Gasteiger partial charge in [0, 0.05) is 6.92 Å². The quantitative estimate of drug-likeness (QED) is 0.810. The summed E-state index contributed by atoms with van der Waals surface area (Å²) >= 11 is 1.05. The van der Waals surface area contributed by atoms with Gasteiger partial charge in [0.25, 0.3) is 10.0 Å². The summed E-state index contributed by atoms with van der Waals surface area (Å²) in [5.41, 5.74) is 0.605. The number of hydrogen-bond donors (Lipinski definition) is 0. The van der Waals surface area contributed by atoms with Crippen LogP contribution in [0, 0.1) is 0 Å². The number of amides is 1. The van der Waals surface area contributed by atoms with Gasteiger partial charge in [0.05, 0.1) is 16.8 Å². The van der Waals surface area contributed by atoms with Crippen molar-refractivity contribution in [2.24, 2.45) is 0 Å². The average Bonchev–Trinajstić information content (AvgIpc) is 2.79. The SMILES string of the molecule is C=CCN(C(C)=O)S(=O)(=O)c1nc2ccccc2s1. The van der Waals surface area contributed by atoms with Crippen LogP contribution < -0.4 is 0 Å². The molecule has 1 heterocycles. The van der Waals surface area contributed by atoms with Gasteiger partial charge in [-0.1, -0.05) is 18.2 Å². The second-order valence-corrected chi connectivity index (χ2v) is 6.86. The largest absolute Gasteiger partial charge is 0.294 e. The summed E-state index contributed by atoms with van der Waals surface area (Å²) in [7, 11) is -3.90. The Morgan fingerprint density at radius 3 is 2.74 bits per heavy atom. The molecule has 0 aliphatic rings. The van der Waals surface area contributed by atoms with E-state index in [1.807, 2.05) is 6.07 Å². The van der Waals surface area contributed by atoms with E-state index in [0.29, 0.717) is 5.52 Å². The Bertz CT molecular complexity index is 701. The van der Waals surface area contributed by atoms with E-state index in [-0.39, 0.29) is 10.9 Å². The normalized spacial score (nSPS) is 11.4. The Hall–Kier alpha value is -1.73. The van der Waals surface area contributed by atoms with Gasteiger partial charge >= 0.3 is 0 Å². The molecule has 0 fully saturated rings. The molecule has 5 nitrogen and oxygen atoms in total. The highest BCUT2D eigenvalue weighted by Crippen LogP contribution is 2.27. The van der Waals surface area contributed by atoms with Crippen molar-refractivity contribution in [2.45, 2.75) is 11.3 Å². The van der Waals surface area contributed by atoms with Crippen LogP contribution in [-0.2, 0) is 14.8 Å². The molecule has 0 radical (unpaired) electrons. The molecular weight excluding hydrogens is 284 g/mol. The fourth-order valence-electron chi connectivity index (χ4n) is 1.57. The summed E-state index contributed by atoms with van der Waals surface area (Å²) in [5, 5.41) is 0. The van der Waals surface area contributed by atoms with Crippen molar-refractivity contribution in [3.63, 3.8) is 0 Å². The first-order valence-electron chi connectivity index (χ1n) is 5.46. The number of carbonyl (C=O) groups excluding carboxylic acids is 1. The Morgan fingerprint density at radius 2 is 2.16 bits per heavy atom. The zero-order valence-electron chi connectivity index (χ0n) is 10.2. The minimum atomic E-state index is -3.90. The maximum atomic E-state index is 12.3. The standard InChI is InChI=1S/C12H12N2O3S2/c1-3-8-14(9(2)15)19(16,17)12-13-10-6-4-5-7-11(10)18-12/h3-7H,1,8H2,2H3. The van der Waals surface area contributed by atoms with Gasteiger partial charge < -0.3 is 0 Å². The molecule has 7 heteroatoms. The molecule has 0 aliphatic carbocycles. The number of nitrogens with zero attached hydrogens (tertiary/aromatic N) is 2. The molecule has 100 valence electrons. The predicted octanol–water partition coefficient (Wildman–Crippen LogP) is 2.02. The highest BCUT2D eigenvalue weighted by Gasteiger charge is 2.29. The first-order chi connectivity index (χ1) is 8.96. The Labute approximate surface area is 115 Å². The van der Waals surface area contributed by atoms with E-state index < -0.39 is 15.9 Å². The maximum Gasteiger partial charge on any atom is 0.294 e. The third-order valence-corrected chi connectivity index (χ3v) is 5.66. The highest BCUT2D eigenvalue weighted by atomic mass is 32.2. The summed E-state index contributed by atoms with van der Waals surface area (Å²) in [5.74, 6) is -0.556. The molecule has 1 aromatic heterocycles. The van der Waals surface area contributed by atoms with Gasteiger partial charge in [-0.3, -0.25) is 4.79 Å². The first-order valence-corrected chi connectivity index (χ1v) is 7.72. The monoisotopic (exact) mass is 296 g/mol. The average molecular weight is 296 g/mol. The van der Waals surface area contributed by atoms with Crippen LogP contribution in [-0.4, -0.2) is 30.2 Å². The molecule has 0 saturated heterocycles. The van der Waals surface area contributed by atoms with Crippen LogP contribution in [0.5, 0.6) is 0 Å². The number of aromatic nitrogens is 1. The van der Waals surface area contributed by atoms with E-state index in [1.54, 1.807) is 18.2 Å². The molecule has 0 spiro atoms. The number of rotatable bonds is 4. The summed E-state index contributed by atoms with van der Waals surface area (Å²) < 4.78 is 26.1.